The molecule has 0 atom stereocenters. The minimum Gasteiger partial charge on any atom is -0.494 e. The average molecular weight is 541 g/mol. The molecule has 12 heteroatoms. The van der Waals surface area contributed by atoms with Crippen LogP contribution in [0.1, 0.15) is 41.2 Å². The van der Waals surface area contributed by atoms with E-state index in [1.807, 2.05) is 6.92 Å². The summed E-state index contributed by atoms with van der Waals surface area (Å²) in [4.78, 5) is 20.8. The van der Waals surface area contributed by atoms with E-state index in [-0.39, 0.29) is 43.7 Å². The molecular formula is C26H25F6N3O3. The first kappa shape index (κ1) is 28.7. The summed E-state index contributed by atoms with van der Waals surface area (Å²) in [5.74, 6) is -0.437. The maximum Gasteiger partial charge on any atom is 0.416 e. The van der Waals surface area contributed by atoms with Crippen LogP contribution in [0.2, 0.25) is 0 Å². The summed E-state index contributed by atoms with van der Waals surface area (Å²) >= 11 is 0. The number of rotatable bonds is 11. The first-order valence-corrected chi connectivity index (χ1v) is 11.6. The van der Waals surface area contributed by atoms with Crippen molar-refractivity contribution in [2.45, 2.75) is 45.1 Å². The Hall–Kier alpha value is -3.83. The number of aliphatic carboxylic acids is 1. The number of hydrogen-bond acceptors (Lipinski definition) is 5. The second-order valence-corrected chi connectivity index (χ2v) is 8.45. The molecule has 0 spiro atoms. The van der Waals surface area contributed by atoms with Crippen LogP contribution in [0.4, 0.5) is 32.3 Å². The second-order valence-electron chi connectivity index (χ2n) is 8.45. The molecule has 0 unspecified atom stereocenters. The molecule has 6 nitrogen and oxygen atoms in total. The summed E-state index contributed by atoms with van der Waals surface area (Å²) in [7, 11) is 0. The molecule has 3 aromatic rings. The Balaban J connectivity index is 1.80. The summed E-state index contributed by atoms with van der Waals surface area (Å²) in [6.45, 7) is 1.78. The van der Waals surface area contributed by atoms with E-state index in [4.69, 9.17) is 9.84 Å². The summed E-state index contributed by atoms with van der Waals surface area (Å²) in [6, 6.07) is 8.07. The molecule has 0 aliphatic heterocycles. The van der Waals surface area contributed by atoms with Crippen LogP contribution in [0, 0.1) is 0 Å². The van der Waals surface area contributed by atoms with Crippen molar-refractivity contribution in [3.8, 4) is 5.75 Å². The standard InChI is InChI=1S/C26H25F6N3O3/c1-2-17-14-33-24(34-15-17)35(9-4-10-38-21-6-3-5-18(11-21)12-23(36)37)16-19-7-8-20(25(27,28)29)13-22(19)26(30,31)32/h3,5-8,11,13-15H,2,4,9-10,12,16H2,1H3,(H,36,37). The lowest BCUT2D eigenvalue weighted by atomic mass is 10.0. The number of carboxylic acid groups (broad SMARTS) is 1. The lowest BCUT2D eigenvalue weighted by Crippen LogP contribution is -2.28. The molecule has 0 saturated heterocycles. The Morgan fingerprint density at radius 2 is 1.68 bits per heavy atom. The van der Waals surface area contributed by atoms with Crippen molar-refractivity contribution in [1.29, 1.82) is 0 Å². The van der Waals surface area contributed by atoms with Gasteiger partial charge < -0.3 is 14.7 Å². The number of halogens is 6. The van der Waals surface area contributed by atoms with Crippen LogP contribution < -0.4 is 9.64 Å². The highest BCUT2D eigenvalue weighted by Gasteiger charge is 2.38. The van der Waals surface area contributed by atoms with Gasteiger partial charge in [0.15, 0.2) is 0 Å². The van der Waals surface area contributed by atoms with Crippen molar-refractivity contribution < 1.29 is 41.0 Å². The highest BCUT2D eigenvalue weighted by atomic mass is 19.4. The lowest BCUT2D eigenvalue weighted by molar-refractivity contribution is -0.143. The Kier molecular flexibility index (Phi) is 9.18. The van der Waals surface area contributed by atoms with E-state index in [0.29, 0.717) is 30.2 Å². The van der Waals surface area contributed by atoms with E-state index >= 15 is 0 Å². The van der Waals surface area contributed by atoms with Gasteiger partial charge in [-0.1, -0.05) is 25.1 Å². The third-order valence-corrected chi connectivity index (χ3v) is 5.58. The van der Waals surface area contributed by atoms with E-state index < -0.39 is 29.4 Å². The minimum atomic E-state index is -5.00. The van der Waals surface area contributed by atoms with Crippen LogP contribution in [-0.4, -0.2) is 34.2 Å². The number of anilines is 1. The van der Waals surface area contributed by atoms with Crippen molar-refractivity contribution in [2.24, 2.45) is 0 Å². The quantitative estimate of drug-likeness (QED) is 0.231. The number of hydrogen-bond donors (Lipinski definition) is 1. The number of alkyl halides is 6. The number of benzene rings is 2. The van der Waals surface area contributed by atoms with Gasteiger partial charge in [0.2, 0.25) is 5.95 Å². The lowest BCUT2D eigenvalue weighted by Gasteiger charge is -2.25. The van der Waals surface area contributed by atoms with Gasteiger partial charge in [0, 0.05) is 25.5 Å². The number of ether oxygens (including phenoxy) is 1. The first-order valence-electron chi connectivity index (χ1n) is 11.6. The second kappa shape index (κ2) is 12.1. The summed E-state index contributed by atoms with van der Waals surface area (Å²) in [5.41, 5.74) is -1.76. The van der Waals surface area contributed by atoms with Crippen molar-refractivity contribution in [2.75, 3.05) is 18.1 Å². The van der Waals surface area contributed by atoms with Gasteiger partial charge in [-0.2, -0.15) is 26.3 Å². The largest absolute Gasteiger partial charge is 0.494 e. The van der Waals surface area contributed by atoms with Crippen molar-refractivity contribution in [1.82, 2.24) is 9.97 Å². The van der Waals surface area contributed by atoms with Gasteiger partial charge in [-0.25, -0.2) is 9.97 Å². The highest BCUT2D eigenvalue weighted by Crippen LogP contribution is 2.38. The number of carbonyl (C=O) groups is 1. The monoisotopic (exact) mass is 541 g/mol. The smallest absolute Gasteiger partial charge is 0.416 e. The summed E-state index contributed by atoms with van der Waals surface area (Å²) in [6.07, 6.45) is -6.06. The number of carboxylic acids is 1. The summed E-state index contributed by atoms with van der Waals surface area (Å²) in [5, 5.41) is 8.94. The molecule has 204 valence electrons. The van der Waals surface area contributed by atoms with Crippen molar-refractivity contribution in [3.05, 3.63) is 82.7 Å². The predicted octanol–water partition coefficient (Wildman–Crippen LogP) is 6.18. The van der Waals surface area contributed by atoms with Gasteiger partial charge in [-0.05, 0) is 53.8 Å². The van der Waals surface area contributed by atoms with Crippen LogP contribution >= 0.6 is 0 Å². The fraction of sp³-hybridized carbons (Fsp3) is 0.346. The molecule has 0 amide bonds. The maximum absolute atomic E-state index is 13.7. The number of aryl methyl sites for hydroxylation is 1. The SMILES string of the molecule is CCc1cnc(N(CCCOc2cccc(CC(=O)O)c2)Cc2ccc(C(F)(F)F)cc2C(F)(F)F)nc1. The average Bonchev–Trinajstić information content (AvgIpc) is 2.84. The molecule has 2 aromatic carbocycles. The molecule has 0 fully saturated rings. The number of nitrogens with zero attached hydrogens (tertiary/aromatic N) is 3. The van der Waals surface area contributed by atoms with Crippen LogP contribution in [0.15, 0.2) is 54.9 Å². The number of aromatic nitrogens is 2. The van der Waals surface area contributed by atoms with Crippen LogP contribution in [0.25, 0.3) is 0 Å². The van der Waals surface area contributed by atoms with E-state index in [1.165, 1.54) is 17.3 Å². The zero-order valence-corrected chi connectivity index (χ0v) is 20.3. The van der Waals surface area contributed by atoms with E-state index in [0.717, 1.165) is 11.6 Å². The third-order valence-electron chi connectivity index (χ3n) is 5.58. The molecule has 1 N–H and O–H groups in total. The van der Waals surface area contributed by atoms with Gasteiger partial charge in [0.05, 0.1) is 24.2 Å². The Bertz CT molecular complexity index is 1230. The van der Waals surface area contributed by atoms with Crippen LogP contribution in [0.3, 0.4) is 0 Å². The van der Waals surface area contributed by atoms with Crippen molar-refractivity contribution >= 4 is 11.9 Å². The maximum atomic E-state index is 13.7. The van der Waals surface area contributed by atoms with Gasteiger partial charge in [-0.3, -0.25) is 4.79 Å². The molecule has 38 heavy (non-hydrogen) atoms. The fourth-order valence-electron chi connectivity index (χ4n) is 3.67. The molecular weight excluding hydrogens is 516 g/mol. The molecule has 1 aromatic heterocycles. The molecule has 0 aliphatic carbocycles. The minimum absolute atomic E-state index is 0.113. The highest BCUT2D eigenvalue weighted by molar-refractivity contribution is 5.70. The van der Waals surface area contributed by atoms with Gasteiger partial charge in [-0.15, -0.1) is 0 Å². The Labute approximate surface area is 214 Å². The molecule has 0 bridgehead atoms. The van der Waals surface area contributed by atoms with E-state index in [2.05, 4.69) is 9.97 Å². The molecule has 0 radical (unpaired) electrons. The molecule has 0 saturated carbocycles. The van der Waals surface area contributed by atoms with Gasteiger partial charge in [0.1, 0.15) is 5.75 Å². The fourth-order valence-corrected chi connectivity index (χ4v) is 3.67. The first-order chi connectivity index (χ1) is 17.9. The van der Waals surface area contributed by atoms with E-state index in [9.17, 15) is 31.1 Å². The van der Waals surface area contributed by atoms with Crippen LogP contribution in [0.5, 0.6) is 5.75 Å². The topological polar surface area (TPSA) is 75.6 Å². The Morgan fingerprint density at radius 3 is 2.29 bits per heavy atom. The van der Waals surface area contributed by atoms with Crippen LogP contribution in [-0.2, 0) is 36.5 Å². The van der Waals surface area contributed by atoms with E-state index in [1.54, 1.807) is 24.3 Å². The molecule has 3 rings (SSSR count). The third kappa shape index (κ3) is 8.09. The summed E-state index contributed by atoms with van der Waals surface area (Å²) < 4.78 is 86.0. The Morgan fingerprint density at radius 1 is 0.974 bits per heavy atom. The zero-order valence-electron chi connectivity index (χ0n) is 20.3. The molecule has 1 heterocycles. The van der Waals surface area contributed by atoms with Gasteiger partial charge >= 0.3 is 18.3 Å². The normalized spacial score (nSPS) is 11.9. The zero-order chi connectivity index (χ0) is 27.9. The van der Waals surface area contributed by atoms with Gasteiger partial charge in [0.25, 0.3) is 0 Å². The molecule has 0 aliphatic rings. The predicted molar refractivity (Wildman–Crippen MR) is 127 cm³/mol. The van der Waals surface area contributed by atoms with Crippen molar-refractivity contribution in [3.63, 3.8) is 0 Å².